The first-order chi connectivity index (χ1) is 5.47. The average Bonchev–Trinajstić information content (AvgIpc) is 2.58. The van der Waals surface area contributed by atoms with Crippen LogP contribution < -0.4 is 0 Å². The lowest BCUT2D eigenvalue weighted by molar-refractivity contribution is 0.737. The van der Waals surface area contributed by atoms with Crippen molar-refractivity contribution in [2.75, 3.05) is 0 Å². The summed E-state index contributed by atoms with van der Waals surface area (Å²) in [5.74, 6) is 0.768. The van der Waals surface area contributed by atoms with E-state index >= 15 is 0 Å². The fourth-order valence-electron chi connectivity index (χ4n) is 1.34. The summed E-state index contributed by atoms with van der Waals surface area (Å²) in [6.07, 6.45) is 7.00. The summed E-state index contributed by atoms with van der Waals surface area (Å²) in [7, 11) is 0. The molecule has 0 saturated carbocycles. The van der Waals surface area contributed by atoms with Gasteiger partial charge in [-0.15, -0.1) is 10.2 Å². The quantitative estimate of drug-likeness (QED) is 0.653. The van der Waals surface area contributed by atoms with Gasteiger partial charge in [0.1, 0.15) is 0 Å². The predicted octanol–water partition coefficient (Wildman–Crippen LogP) is 1.16. The molecular formula is C7H10N4. The van der Waals surface area contributed by atoms with Gasteiger partial charge >= 0.3 is 0 Å². The fraction of sp³-hybridized carbons (Fsp3) is 0.571. The van der Waals surface area contributed by atoms with Crippen molar-refractivity contribution in [1.29, 1.82) is 0 Å². The lowest BCUT2D eigenvalue weighted by Crippen LogP contribution is -1.93. The van der Waals surface area contributed by atoms with Crippen molar-refractivity contribution in [3.8, 4) is 0 Å². The first kappa shape index (κ1) is 6.52. The van der Waals surface area contributed by atoms with Crippen molar-refractivity contribution in [2.24, 2.45) is 0 Å². The van der Waals surface area contributed by atoms with Gasteiger partial charge in [-0.1, -0.05) is 6.08 Å². The summed E-state index contributed by atoms with van der Waals surface area (Å²) in [4.78, 5) is 0. The molecule has 0 amide bonds. The number of aromatic nitrogens is 4. The van der Waals surface area contributed by atoms with E-state index in [9.17, 15) is 0 Å². The Balaban J connectivity index is 2.22. The topological polar surface area (TPSA) is 54.5 Å². The van der Waals surface area contributed by atoms with E-state index in [1.165, 1.54) is 18.4 Å². The molecule has 0 radical (unpaired) electrons. The Labute approximate surface area is 64.7 Å². The van der Waals surface area contributed by atoms with E-state index in [0.717, 1.165) is 18.7 Å². The number of nitrogens with one attached hydrogen (secondary N) is 1. The Bertz CT molecular complexity index is 249. The number of hydrogen-bond donors (Lipinski definition) is 1. The van der Waals surface area contributed by atoms with Gasteiger partial charge in [0, 0.05) is 0 Å². The van der Waals surface area contributed by atoms with Gasteiger partial charge in [0.15, 0.2) is 5.82 Å². The Kier molecular flexibility index (Phi) is 1.67. The predicted molar refractivity (Wildman–Crippen MR) is 40.6 cm³/mol. The highest BCUT2D eigenvalue weighted by atomic mass is 15.5. The van der Waals surface area contributed by atoms with Gasteiger partial charge in [0.25, 0.3) is 0 Å². The smallest absolute Gasteiger partial charge is 0.177 e. The number of aromatic amines is 1. The van der Waals surface area contributed by atoms with Gasteiger partial charge in [-0.25, -0.2) is 0 Å². The summed E-state index contributed by atoms with van der Waals surface area (Å²) in [5, 5.41) is 13.8. The van der Waals surface area contributed by atoms with Crippen LogP contribution in [0.3, 0.4) is 0 Å². The van der Waals surface area contributed by atoms with Gasteiger partial charge < -0.3 is 0 Å². The van der Waals surface area contributed by atoms with Gasteiger partial charge in [-0.3, -0.25) is 0 Å². The summed E-state index contributed by atoms with van der Waals surface area (Å²) >= 11 is 0. The molecule has 1 heterocycles. The minimum absolute atomic E-state index is 0.768. The molecule has 1 aromatic rings. The third-order valence-corrected chi connectivity index (χ3v) is 1.92. The average molecular weight is 150 g/mol. The van der Waals surface area contributed by atoms with Gasteiger partial charge in [0.2, 0.25) is 0 Å². The third-order valence-electron chi connectivity index (χ3n) is 1.92. The number of nitrogens with zero attached hydrogens (tertiary/aromatic N) is 3. The zero-order valence-electron chi connectivity index (χ0n) is 6.25. The molecule has 4 heteroatoms. The highest BCUT2D eigenvalue weighted by Gasteiger charge is 2.08. The molecular weight excluding hydrogens is 140 g/mol. The summed E-state index contributed by atoms with van der Waals surface area (Å²) in [6.45, 7) is 0. The van der Waals surface area contributed by atoms with Crippen molar-refractivity contribution in [2.45, 2.75) is 25.7 Å². The number of tetrazole rings is 1. The molecule has 0 spiro atoms. The minimum atomic E-state index is 0.768. The van der Waals surface area contributed by atoms with Gasteiger partial charge in [-0.2, -0.15) is 5.21 Å². The van der Waals surface area contributed by atoms with Crippen LogP contribution in [0.2, 0.25) is 0 Å². The van der Waals surface area contributed by atoms with E-state index in [0.29, 0.717) is 0 Å². The summed E-state index contributed by atoms with van der Waals surface area (Å²) in [5.41, 5.74) is 1.24. The third kappa shape index (κ3) is 1.29. The molecule has 1 aliphatic rings. The summed E-state index contributed by atoms with van der Waals surface area (Å²) < 4.78 is 0. The second kappa shape index (κ2) is 2.82. The normalized spacial score (nSPS) is 18.0. The number of rotatable bonds is 1. The molecule has 1 aliphatic carbocycles. The minimum Gasteiger partial charge on any atom is -0.177 e. The van der Waals surface area contributed by atoms with Crippen LogP contribution in [0.15, 0.2) is 6.08 Å². The molecule has 4 nitrogen and oxygen atoms in total. The standard InChI is InChI=1S/C7H10N4/c1-2-4-6(5-3-1)7-8-10-11-9-7/h4H,1-3,5H2,(H,8,9,10,11). The first-order valence-electron chi connectivity index (χ1n) is 3.89. The Morgan fingerprint density at radius 3 is 3.00 bits per heavy atom. The van der Waals surface area contributed by atoms with Crippen LogP contribution in [0.25, 0.3) is 5.57 Å². The molecule has 0 atom stereocenters. The van der Waals surface area contributed by atoms with Crippen LogP contribution in [-0.4, -0.2) is 20.6 Å². The number of allylic oxidation sites excluding steroid dienone is 2. The van der Waals surface area contributed by atoms with Crippen LogP contribution in [-0.2, 0) is 0 Å². The van der Waals surface area contributed by atoms with Crippen molar-refractivity contribution in [1.82, 2.24) is 20.6 Å². The number of H-pyrrole nitrogens is 1. The van der Waals surface area contributed by atoms with Crippen molar-refractivity contribution < 1.29 is 0 Å². The monoisotopic (exact) mass is 150 g/mol. The van der Waals surface area contributed by atoms with E-state index in [2.05, 4.69) is 26.7 Å². The van der Waals surface area contributed by atoms with Crippen LogP contribution >= 0.6 is 0 Å². The van der Waals surface area contributed by atoms with E-state index in [1.54, 1.807) is 0 Å². The molecule has 11 heavy (non-hydrogen) atoms. The Morgan fingerprint density at radius 2 is 2.36 bits per heavy atom. The van der Waals surface area contributed by atoms with Crippen LogP contribution in [0.5, 0.6) is 0 Å². The highest BCUT2D eigenvalue weighted by molar-refractivity contribution is 5.59. The molecule has 1 aromatic heterocycles. The molecule has 0 aliphatic heterocycles. The maximum atomic E-state index is 3.92. The molecule has 58 valence electrons. The van der Waals surface area contributed by atoms with E-state index in [-0.39, 0.29) is 0 Å². The lowest BCUT2D eigenvalue weighted by Gasteiger charge is -2.07. The molecule has 0 saturated heterocycles. The van der Waals surface area contributed by atoms with E-state index in [4.69, 9.17) is 0 Å². The second-order valence-corrected chi connectivity index (χ2v) is 2.71. The van der Waals surface area contributed by atoms with Crippen molar-refractivity contribution in [3.63, 3.8) is 0 Å². The number of hydrogen-bond acceptors (Lipinski definition) is 3. The molecule has 0 bridgehead atoms. The SMILES string of the molecule is C1=C(c2nn[nH]n2)CCCC1. The van der Waals surface area contributed by atoms with Gasteiger partial charge in [0.05, 0.1) is 0 Å². The Hall–Kier alpha value is -1.19. The zero-order valence-corrected chi connectivity index (χ0v) is 6.25. The molecule has 1 N–H and O–H groups in total. The molecule has 0 aromatic carbocycles. The maximum absolute atomic E-state index is 3.92. The van der Waals surface area contributed by atoms with Crippen LogP contribution in [0.4, 0.5) is 0 Å². The van der Waals surface area contributed by atoms with Crippen LogP contribution in [0, 0.1) is 0 Å². The first-order valence-corrected chi connectivity index (χ1v) is 3.89. The van der Waals surface area contributed by atoms with Crippen molar-refractivity contribution >= 4 is 5.57 Å². The largest absolute Gasteiger partial charge is 0.200 e. The van der Waals surface area contributed by atoms with E-state index < -0.39 is 0 Å². The van der Waals surface area contributed by atoms with Crippen LogP contribution in [0.1, 0.15) is 31.5 Å². The second-order valence-electron chi connectivity index (χ2n) is 2.71. The Morgan fingerprint density at radius 1 is 1.36 bits per heavy atom. The van der Waals surface area contributed by atoms with E-state index in [1.807, 2.05) is 0 Å². The highest BCUT2D eigenvalue weighted by Crippen LogP contribution is 2.22. The molecule has 2 rings (SSSR count). The van der Waals surface area contributed by atoms with Gasteiger partial charge in [-0.05, 0) is 36.5 Å². The van der Waals surface area contributed by atoms with Crippen molar-refractivity contribution in [3.05, 3.63) is 11.9 Å². The summed E-state index contributed by atoms with van der Waals surface area (Å²) in [6, 6.07) is 0. The molecule has 0 unspecified atom stereocenters. The fourth-order valence-corrected chi connectivity index (χ4v) is 1.34. The molecule has 0 fully saturated rings. The zero-order chi connectivity index (χ0) is 7.52. The maximum Gasteiger partial charge on any atom is 0.200 e. The lowest BCUT2D eigenvalue weighted by atomic mass is 9.99.